The molecule has 0 aliphatic rings. The maximum atomic E-state index is 10.7. The number of unbranched alkanes of at least 4 members (excludes halogenated alkanes) is 1. The molecular formula is C16H18N2O3. The van der Waals surface area contributed by atoms with Crippen molar-refractivity contribution in [1.82, 2.24) is 0 Å². The molecule has 0 heterocycles. The number of nitrogens with zero attached hydrogens (tertiary/aromatic N) is 1. The molecule has 0 atom stereocenters. The molecule has 2 aromatic rings. The van der Waals surface area contributed by atoms with E-state index in [0.717, 1.165) is 30.8 Å². The van der Waals surface area contributed by atoms with Crippen LogP contribution in [0.2, 0.25) is 0 Å². The van der Waals surface area contributed by atoms with Crippen molar-refractivity contribution in [2.24, 2.45) is 0 Å². The molecule has 2 rings (SSSR count). The topological polar surface area (TPSA) is 64.4 Å². The van der Waals surface area contributed by atoms with E-state index in [9.17, 15) is 10.1 Å². The lowest BCUT2D eigenvalue weighted by Crippen LogP contribution is -2.05. The number of nitrogens with one attached hydrogen (secondary N) is 1. The van der Waals surface area contributed by atoms with Gasteiger partial charge in [-0.15, -0.1) is 0 Å². The zero-order chi connectivity index (χ0) is 14.9. The molecular weight excluding hydrogens is 268 g/mol. The second kappa shape index (κ2) is 7.89. The SMILES string of the molecule is O=[N+]([O-])c1cccc(NCCCCOc2ccccc2)c1. The zero-order valence-corrected chi connectivity index (χ0v) is 11.7. The van der Waals surface area contributed by atoms with Crippen LogP contribution in [0.15, 0.2) is 54.6 Å². The number of nitro benzene ring substituents is 1. The van der Waals surface area contributed by atoms with Crippen LogP contribution in [0.4, 0.5) is 11.4 Å². The lowest BCUT2D eigenvalue weighted by molar-refractivity contribution is -0.384. The van der Waals surface area contributed by atoms with E-state index in [4.69, 9.17) is 4.74 Å². The van der Waals surface area contributed by atoms with Crippen LogP contribution >= 0.6 is 0 Å². The van der Waals surface area contributed by atoms with Crippen LogP contribution in [0.1, 0.15) is 12.8 Å². The van der Waals surface area contributed by atoms with Gasteiger partial charge in [-0.25, -0.2) is 0 Å². The Hall–Kier alpha value is -2.56. The molecule has 0 aliphatic carbocycles. The maximum absolute atomic E-state index is 10.7. The third kappa shape index (κ3) is 5.14. The molecule has 2 aromatic carbocycles. The minimum Gasteiger partial charge on any atom is -0.494 e. The second-order valence-electron chi connectivity index (χ2n) is 4.60. The predicted octanol–water partition coefficient (Wildman–Crippen LogP) is 3.87. The molecule has 0 amide bonds. The summed E-state index contributed by atoms with van der Waals surface area (Å²) in [5, 5.41) is 13.8. The summed E-state index contributed by atoms with van der Waals surface area (Å²) >= 11 is 0. The number of rotatable bonds is 8. The first kappa shape index (κ1) is 14.8. The maximum Gasteiger partial charge on any atom is 0.271 e. The number of benzene rings is 2. The summed E-state index contributed by atoms with van der Waals surface area (Å²) in [5.41, 5.74) is 0.876. The molecule has 110 valence electrons. The third-order valence-electron chi connectivity index (χ3n) is 2.97. The minimum absolute atomic E-state index is 0.104. The highest BCUT2D eigenvalue weighted by molar-refractivity contribution is 5.50. The molecule has 0 spiro atoms. The largest absolute Gasteiger partial charge is 0.494 e. The minimum atomic E-state index is -0.390. The summed E-state index contributed by atoms with van der Waals surface area (Å²) in [6, 6.07) is 16.2. The van der Waals surface area contributed by atoms with Gasteiger partial charge >= 0.3 is 0 Å². The van der Waals surface area contributed by atoms with Gasteiger partial charge in [-0.3, -0.25) is 10.1 Å². The summed E-state index contributed by atoms with van der Waals surface area (Å²) < 4.78 is 5.59. The van der Waals surface area contributed by atoms with Crippen LogP contribution in [0.25, 0.3) is 0 Å². The van der Waals surface area contributed by atoms with Crippen LogP contribution in [-0.4, -0.2) is 18.1 Å². The molecule has 1 N–H and O–H groups in total. The van der Waals surface area contributed by atoms with Crippen LogP contribution in [0.3, 0.4) is 0 Å². The first-order valence-corrected chi connectivity index (χ1v) is 6.92. The Labute approximate surface area is 123 Å². The van der Waals surface area contributed by atoms with Crippen molar-refractivity contribution in [2.45, 2.75) is 12.8 Å². The lowest BCUT2D eigenvalue weighted by Gasteiger charge is -2.07. The Bertz CT molecular complexity index is 573. The average molecular weight is 286 g/mol. The van der Waals surface area contributed by atoms with Crippen LogP contribution in [-0.2, 0) is 0 Å². The van der Waals surface area contributed by atoms with E-state index in [1.54, 1.807) is 12.1 Å². The van der Waals surface area contributed by atoms with Crippen molar-refractivity contribution in [3.8, 4) is 5.75 Å². The van der Waals surface area contributed by atoms with Gasteiger partial charge in [0.25, 0.3) is 5.69 Å². The van der Waals surface area contributed by atoms with Gasteiger partial charge < -0.3 is 10.1 Å². The molecule has 0 bridgehead atoms. The molecule has 0 fully saturated rings. The van der Waals surface area contributed by atoms with Crippen LogP contribution in [0, 0.1) is 10.1 Å². The molecule has 0 unspecified atom stereocenters. The summed E-state index contributed by atoms with van der Waals surface area (Å²) in [6.45, 7) is 1.43. The van der Waals surface area contributed by atoms with E-state index in [1.165, 1.54) is 6.07 Å². The fraction of sp³-hybridized carbons (Fsp3) is 0.250. The molecule has 0 radical (unpaired) electrons. The highest BCUT2D eigenvalue weighted by atomic mass is 16.6. The Kier molecular flexibility index (Phi) is 5.58. The van der Waals surface area contributed by atoms with E-state index in [2.05, 4.69) is 5.32 Å². The van der Waals surface area contributed by atoms with Gasteiger partial charge in [-0.1, -0.05) is 24.3 Å². The quantitative estimate of drug-likeness (QED) is 0.454. The smallest absolute Gasteiger partial charge is 0.271 e. The molecule has 21 heavy (non-hydrogen) atoms. The highest BCUT2D eigenvalue weighted by Crippen LogP contribution is 2.17. The number of hydrogen-bond donors (Lipinski definition) is 1. The number of nitro groups is 1. The number of anilines is 1. The van der Waals surface area contributed by atoms with Crippen molar-refractivity contribution in [2.75, 3.05) is 18.5 Å². The van der Waals surface area contributed by atoms with Gasteiger partial charge in [0.05, 0.1) is 11.5 Å². The monoisotopic (exact) mass is 286 g/mol. The average Bonchev–Trinajstić information content (AvgIpc) is 2.52. The lowest BCUT2D eigenvalue weighted by atomic mass is 10.2. The number of ether oxygens (including phenoxy) is 1. The first-order valence-electron chi connectivity index (χ1n) is 6.92. The summed E-state index contributed by atoms with van der Waals surface area (Å²) in [6.07, 6.45) is 1.87. The van der Waals surface area contributed by atoms with E-state index < -0.39 is 4.92 Å². The van der Waals surface area contributed by atoms with Gasteiger partial charge in [-0.05, 0) is 31.0 Å². The van der Waals surface area contributed by atoms with Crippen molar-refractivity contribution in [1.29, 1.82) is 0 Å². The van der Waals surface area contributed by atoms with E-state index in [-0.39, 0.29) is 5.69 Å². The number of hydrogen-bond acceptors (Lipinski definition) is 4. The normalized spacial score (nSPS) is 10.1. The van der Waals surface area contributed by atoms with Crippen molar-refractivity contribution >= 4 is 11.4 Å². The first-order chi connectivity index (χ1) is 10.3. The Morgan fingerprint density at radius 2 is 1.86 bits per heavy atom. The molecule has 0 saturated heterocycles. The highest BCUT2D eigenvalue weighted by Gasteiger charge is 2.04. The summed E-state index contributed by atoms with van der Waals surface area (Å²) in [5.74, 6) is 0.879. The molecule has 5 nitrogen and oxygen atoms in total. The Morgan fingerprint density at radius 3 is 2.62 bits per heavy atom. The second-order valence-corrected chi connectivity index (χ2v) is 4.60. The standard InChI is InChI=1S/C16H18N2O3/c19-18(20)15-8-6-7-14(13-15)17-11-4-5-12-21-16-9-2-1-3-10-16/h1-3,6-10,13,17H,4-5,11-12H2. The van der Waals surface area contributed by atoms with Gasteiger partial charge in [-0.2, -0.15) is 0 Å². The summed E-state index contributed by atoms with van der Waals surface area (Å²) in [7, 11) is 0. The van der Waals surface area contributed by atoms with E-state index in [1.807, 2.05) is 36.4 Å². The third-order valence-corrected chi connectivity index (χ3v) is 2.97. The van der Waals surface area contributed by atoms with Gasteiger partial charge in [0.2, 0.25) is 0 Å². The molecule has 0 aliphatic heterocycles. The number of non-ortho nitro benzene ring substituents is 1. The predicted molar refractivity (Wildman–Crippen MR) is 82.8 cm³/mol. The fourth-order valence-corrected chi connectivity index (χ4v) is 1.90. The van der Waals surface area contributed by atoms with Crippen LogP contribution < -0.4 is 10.1 Å². The van der Waals surface area contributed by atoms with Gasteiger partial charge in [0.1, 0.15) is 5.75 Å². The van der Waals surface area contributed by atoms with Crippen molar-refractivity contribution in [3.05, 3.63) is 64.7 Å². The van der Waals surface area contributed by atoms with E-state index in [0.29, 0.717) is 6.61 Å². The number of para-hydroxylation sites is 1. The molecule has 0 aromatic heterocycles. The van der Waals surface area contributed by atoms with Crippen LogP contribution in [0.5, 0.6) is 5.75 Å². The van der Waals surface area contributed by atoms with Gasteiger partial charge in [0.15, 0.2) is 0 Å². The van der Waals surface area contributed by atoms with Crippen molar-refractivity contribution in [3.63, 3.8) is 0 Å². The fourth-order valence-electron chi connectivity index (χ4n) is 1.90. The van der Waals surface area contributed by atoms with Crippen molar-refractivity contribution < 1.29 is 9.66 Å². The van der Waals surface area contributed by atoms with Gasteiger partial charge in [0, 0.05) is 24.4 Å². The molecule has 0 saturated carbocycles. The Morgan fingerprint density at radius 1 is 1.05 bits per heavy atom. The summed E-state index contributed by atoms with van der Waals surface area (Å²) in [4.78, 5) is 10.3. The zero-order valence-electron chi connectivity index (χ0n) is 11.7. The Balaban J connectivity index is 1.64. The molecule has 5 heteroatoms. The van der Waals surface area contributed by atoms with E-state index >= 15 is 0 Å².